The Morgan fingerprint density at radius 2 is 1.96 bits per heavy atom. The van der Waals surface area contributed by atoms with E-state index in [0.717, 1.165) is 12.8 Å². The molecule has 1 amide bonds. The van der Waals surface area contributed by atoms with Crippen molar-refractivity contribution < 1.29 is 13.2 Å². The number of sulfonamides is 1. The van der Waals surface area contributed by atoms with Crippen molar-refractivity contribution in [3.8, 4) is 0 Å². The Balaban J connectivity index is 1.71. The van der Waals surface area contributed by atoms with Gasteiger partial charge in [0.05, 0.1) is 0 Å². The zero-order valence-corrected chi connectivity index (χ0v) is 14.5. The van der Waals surface area contributed by atoms with Gasteiger partial charge >= 0.3 is 0 Å². The average molecular weight is 368 g/mol. The number of hydrogen-bond acceptors (Lipinski definition) is 3. The molecule has 128 valence electrons. The molecule has 2 aromatic rings. The molecule has 0 atom stereocenters. The standard InChI is InChI=1S/C16H18ClN3O3S/c17-14-6-2-1-5-12(14)10-19-24(22,23)13-9-15(18-11-13)16(21)20-7-3-4-8-20/h1-2,5-6,9,11,18-19H,3-4,7-8,10H2. The number of rotatable bonds is 5. The van der Waals surface area contributed by atoms with Gasteiger partial charge in [-0.3, -0.25) is 4.79 Å². The molecule has 1 fully saturated rings. The summed E-state index contributed by atoms with van der Waals surface area (Å²) >= 11 is 6.03. The van der Waals surface area contributed by atoms with Gasteiger partial charge in [-0.2, -0.15) is 0 Å². The summed E-state index contributed by atoms with van der Waals surface area (Å²) in [6, 6.07) is 8.40. The summed E-state index contributed by atoms with van der Waals surface area (Å²) in [7, 11) is -3.72. The van der Waals surface area contributed by atoms with Crippen LogP contribution < -0.4 is 4.72 Å². The molecule has 0 unspecified atom stereocenters. The first-order valence-electron chi connectivity index (χ1n) is 7.68. The van der Waals surface area contributed by atoms with Gasteiger partial charge in [0.1, 0.15) is 10.6 Å². The number of aromatic amines is 1. The lowest BCUT2D eigenvalue weighted by atomic mass is 10.2. The van der Waals surface area contributed by atoms with Gasteiger partial charge in [-0.15, -0.1) is 0 Å². The second kappa shape index (κ2) is 6.96. The SMILES string of the molecule is O=C(c1cc(S(=O)(=O)NCc2ccccc2Cl)c[nH]1)N1CCCC1. The first-order valence-corrected chi connectivity index (χ1v) is 9.54. The molecule has 2 heterocycles. The van der Waals surface area contributed by atoms with Gasteiger partial charge < -0.3 is 9.88 Å². The summed E-state index contributed by atoms with van der Waals surface area (Å²) in [5.41, 5.74) is 0.974. The number of nitrogens with one attached hydrogen (secondary N) is 2. The molecule has 1 aliphatic heterocycles. The maximum atomic E-state index is 12.4. The van der Waals surface area contributed by atoms with Crippen molar-refractivity contribution in [1.82, 2.24) is 14.6 Å². The van der Waals surface area contributed by atoms with Crippen LogP contribution in [0.4, 0.5) is 0 Å². The summed E-state index contributed by atoms with van der Waals surface area (Å²) in [5, 5.41) is 0.499. The number of H-pyrrole nitrogens is 1. The predicted octanol–water partition coefficient (Wildman–Crippen LogP) is 2.38. The predicted molar refractivity (Wildman–Crippen MR) is 91.4 cm³/mol. The molecular formula is C16H18ClN3O3S. The minimum absolute atomic E-state index is 0.0390. The highest BCUT2D eigenvalue weighted by atomic mass is 35.5. The Bertz CT molecular complexity index is 842. The van der Waals surface area contributed by atoms with Crippen LogP contribution in [0.3, 0.4) is 0 Å². The third kappa shape index (κ3) is 3.63. The molecule has 0 bridgehead atoms. The monoisotopic (exact) mass is 367 g/mol. The topological polar surface area (TPSA) is 82.3 Å². The molecule has 0 spiro atoms. The van der Waals surface area contributed by atoms with Crippen LogP contribution in [0.15, 0.2) is 41.4 Å². The van der Waals surface area contributed by atoms with Crippen molar-refractivity contribution >= 4 is 27.5 Å². The lowest BCUT2D eigenvalue weighted by Crippen LogP contribution is -2.27. The molecule has 0 saturated carbocycles. The summed E-state index contributed by atoms with van der Waals surface area (Å²) in [6.45, 7) is 1.51. The van der Waals surface area contributed by atoms with E-state index in [1.807, 2.05) is 0 Å². The third-order valence-electron chi connectivity index (χ3n) is 4.00. The van der Waals surface area contributed by atoms with E-state index in [9.17, 15) is 13.2 Å². The molecule has 0 aliphatic carbocycles. The Morgan fingerprint density at radius 1 is 1.25 bits per heavy atom. The van der Waals surface area contributed by atoms with Crippen molar-refractivity contribution in [3.63, 3.8) is 0 Å². The number of halogens is 1. The number of carbonyl (C=O) groups is 1. The Hall–Kier alpha value is -1.83. The zero-order valence-electron chi connectivity index (χ0n) is 13.0. The van der Waals surface area contributed by atoms with Gasteiger partial charge in [0.15, 0.2) is 0 Å². The van der Waals surface area contributed by atoms with Gasteiger partial charge in [0, 0.05) is 30.9 Å². The second-order valence-corrected chi connectivity index (χ2v) is 7.84. The first-order chi connectivity index (χ1) is 11.5. The van der Waals surface area contributed by atoms with Crippen molar-refractivity contribution in [2.24, 2.45) is 0 Å². The average Bonchev–Trinajstić information content (AvgIpc) is 3.25. The minimum Gasteiger partial charge on any atom is -0.356 e. The first kappa shape index (κ1) is 17.0. The maximum absolute atomic E-state index is 12.4. The molecule has 24 heavy (non-hydrogen) atoms. The number of benzene rings is 1. The highest BCUT2D eigenvalue weighted by Gasteiger charge is 2.23. The van der Waals surface area contributed by atoms with Gasteiger partial charge in [0.2, 0.25) is 10.0 Å². The van der Waals surface area contributed by atoms with Gasteiger partial charge in [0.25, 0.3) is 5.91 Å². The van der Waals surface area contributed by atoms with E-state index < -0.39 is 10.0 Å². The molecule has 1 aromatic carbocycles. The lowest BCUT2D eigenvalue weighted by Gasteiger charge is -2.13. The van der Waals surface area contributed by atoms with E-state index in [2.05, 4.69) is 9.71 Å². The van der Waals surface area contributed by atoms with E-state index in [1.54, 1.807) is 29.2 Å². The van der Waals surface area contributed by atoms with Crippen LogP contribution in [0.25, 0.3) is 0 Å². The zero-order chi connectivity index (χ0) is 17.2. The summed E-state index contributed by atoms with van der Waals surface area (Å²) in [5.74, 6) is -0.167. The molecule has 1 saturated heterocycles. The van der Waals surface area contributed by atoms with E-state index in [-0.39, 0.29) is 23.0 Å². The van der Waals surface area contributed by atoms with Crippen LogP contribution in [0, 0.1) is 0 Å². The normalized spacial score (nSPS) is 15.0. The Kier molecular flexibility index (Phi) is 4.93. The van der Waals surface area contributed by atoms with Crippen LogP contribution in [0.5, 0.6) is 0 Å². The summed E-state index contributed by atoms with van der Waals surface area (Å²) < 4.78 is 27.2. The molecule has 0 radical (unpaired) electrons. The highest BCUT2D eigenvalue weighted by molar-refractivity contribution is 7.89. The molecular weight excluding hydrogens is 350 g/mol. The molecule has 3 rings (SSSR count). The van der Waals surface area contributed by atoms with Crippen molar-refractivity contribution in [2.45, 2.75) is 24.3 Å². The quantitative estimate of drug-likeness (QED) is 0.851. The van der Waals surface area contributed by atoms with Crippen LogP contribution in [-0.4, -0.2) is 37.3 Å². The van der Waals surface area contributed by atoms with Crippen molar-refractivity contribution in [1.29, 1.82) is 0 Å². The molecule has 6 nitrogen and oxygen atoms in total. The van der Waals surface area contributed by atoms with Crippen LogP contribution in [0.2, 0.25) is 5.02 Å². The van der Waals surface area contributed by atoms with Gasteiger partial charge in [-0.05, 0) is 30.5 Å². The van der Waals surface area contributed by atoms with Crippen LogP contribution in [-0.2, 0) is 16.6 Å². The number of hydrogen-bond donors (Lipinski definition) is 2. The van der Waals surface area contributed by atoms with Gasteiger partial charge in [-0.25, -0.2) is 13.1 Å². The van der Waals surface area contributed by atoms with Crippen molar-refractivity contribution in [2.75, 3.05) is 13.1 Å². The number of nitrogens with zero attached hydrogens (tertiary/aromatic N) is 1. The van der Waals surface area contributed by atoms with E-state index >= 15 is 0 Å². The highest BCUT2D eigenvalue weighted by Crippen LogP contribution is 2.18. The molecule has 2 N–H and O–H groups in total. The van der Waals surface area contributed by atoms with E-state index in [1.165, 1.54) is 12.3 Å². The maximum Gasteiger partial charge on any atom is 0.270 e. The minimum atomic E-state index is -3.72. The van der Waals surface area contributed by atoms with E-state index in [0.29, 0.717) is 23.7 Å². The van der Waals surface area contributed by atoms with Crippen LogP contribution in [0.1, 0.15) is 28.9 Å². The van der Waals surface area contributed by atoms with E-state index in [4.69, 9.17) is 11.6 Å². The summed E-state index contributed by atoms with van der Waals surface area (Å²) in [4.78, 5) is 16.8. The fraction of sp³-hybridized carbons (Fsp3) is 0.312. The fourth-order valence-corrected chi connectivity index (χ4v) is 3.84. The smallest absolute Gasteiger partial charge is 0.270 e. The molecule has 1 aromatic heterocycles. The number of aromatic nitrogens is 1. The third-order valence-corrected chi connectivity index (χ3v) is 5.75. The fourth-order valence-electron chi connectivity index (χ4n) is 2.64. The summed E-state index contributed by atoms with van der Waals surface area (Å²) in [6.07, 6.45) is 3.30. The number of amides is 1. The largest absolute Gasteiger partial charge is 0.356 e. The Labute approximate surface area is 145 Å². The number of likely N-dealkylation sites (tertiary alicyclic amines) is 1. The number of carbonyl (C=O) groups excluding carboxylic acids is 1. The second-order valence-electron chi connectivity index (χ2n) is 5.66. The van der Waals surface area contributed by atoms with Gasteiger partial charge in [-0.1, -0.05) is 29.8 Å². The molecule has 1 aliphatic rings. The van der Waals surface area contributed by atoms with Crippen LogP contribution >= 0.6 is 11.6 Å². The Morgan fingerprint density at radius 3 is 2.67 bits per heavy atom. The lowest BCUT2D eigenvalue weighted by molar-refractivity contribution is 0.0787. The van der Waals surface area contributed by atoms with Crippen molar-refractivity contribution in [3.05, 3.63) is 52.8 Å². The molecule has 8 heteroatoms.